The van der Waals surface area contributed by atoms with Gasteiger partial charge in [0.15, 0.2) is 8.32 Å². The lowest BCUT2D eigenvalue weighted by atomic mass is 9.44. The van der Waals surface area contributed by atoms with E-state index in [2.05, 4.69) is 59.5 Å². The molecular weight excluding hydrogens is 510 g/mol. The molecule has 1 aliphatic heterocycles. The first kappa shape index (κ1) is 31.0. The van der Waals surface area contributed by atoms with E-state index in [0.29, 0.717) is 23.9 Å². The summed E-state index contributed by atoms with van der Waals surface area (Å²) in [6, 6.07) is -0.0172. The summed E-state index contributed by atoms with van der Waals surface area (Å²) in [4.78, 5) is 15.0. The van der Waals surface area contributed by atoms with Gasteiger partial charge in [-0.2, -0.15) is 0 Å². The van der Waals surface area contributed by atoms with Crippen LogP contribution in [-0.4, -0.2) is 48.5 Å². The lowest BCUT2D eigenvalue weighted by Crippen LogP contribution is -2.62. The van der Waals surface area contributed by atoms with E-state index in [1.54, 1.807) is 0 Å². The highest BCUT2D eigenvalue weighted by atomic mass is 28.4. The average molecular weight is 574 g/mol. The lowest BCUT2D eigenvalue weighted by molar-refractivity contribution is -0.167. The summed E-state index contributed by atoms with van der Waals surface area (Å²) in [7, 11) is -1.74. The number of rotatable bonds is 5. The van der Waals surface area contributed by atoms with Crippen LogP contribution in [0.3, 0.4) is 0 Å². The van der Waals surface area contributed by atoms with Gasteiger partial charge < -0.3 is 14.4 Å². The Kier molecular flexibility index (Phi) is 8.26. The van der Waals surface area contributed by atoms with Crippen LogP contribution >= 0.6 is 0 Å². The van der Waals surface area contributed by atoms with E-state index < -0.39 is 13.9 Å². The van der Waals surface area contributed by atoms with Crippen LogP contribution < -0.4 is 0 Å². The molecule has 4 aliphatic carbocycles. The van der Waals surface area contributed by atoms with E-state index in [0.717, 1.165) is 55.9 Å². The number of carbonyl (C=O) groups excluding carboxylic acids is 1. The van der Waals surface area contributed by atoms with Crippen molar-refractivity contribution in [3.05, 3.63) is 0 Å². The summed E-state index contributed by atoms with van der Waals surface area (Å²) in [5.41, 5.74) is -0.164. The number of piperidine rings is 1. The van der Waals surface area contributed by atoms with Crippen molar-refractivity contribution < 1.29 is 14.3 Å². The van der Waals surface area contributed by atoms with Gasteiger partial charge in [-0.1, -0.05) is 41.5 Å². The molecule has 0 aromatic rings. The highest BCUT2D eigenvalue weighted by Gasteiger charge is 2.64. The molecular formula is C35H63NO3Si. The number of hydrogen-bond donors (Lipinski definition) is 1. The molecule has 5 aliphatic rings. The maximum Gasteiger partial charge on any atom is 0.222 e. The fraction of sp³-hybridized carbons (Fsp3) is 0.971. The van der Waals surface area contributed by atoms with Gasteiger partial charge in [0, 0.05) is 19.1 Å². The minimum Gasteiger partial charge on any atom is -0.414 e. The normalized spacial score (nSPS) is 43.9. The maximum absolute atomic E-state index is 12.9. The monoisotopic (exact) mass is 573 g/mol. The van der Waals surface area contributed by atoms with E-state index in [4.69, 9.17) is 4.43 Å². The number of amides is 1. The van der Waals surface area contributed by atoms with E-state index >= 15 is 0 Å². The molecule has 0 radical (unpaired) electrons. The molecule has 5 fully saturated rings. The second kappa shape index (κ2) is 10.6. The van der Waals surface area contributed by atoms with E-state index in [-0.39, 0.29) is 22.4 Å². The molecule has 40 heavy (non-hydrogen) atoms. The number of nitrogens with zero attached hydrogens (tertiary/aromatic N) is 1. The first-order valence-corrected chi connectivity index (χ1v) is 20.2. The molecule has 0 spiro atoms. The third-order valence-electron chi connectivity index (χ3n) is 14.4. The molecule has 1 amide bonds. The van der Waals surface area contributed by atoms with Crippen molar-refractivity contribution in [1.82, 2.24) is 4.90 Å². The SMILES string of the molecule is CCC(=O)N1CCCCC1C(C)(O)[C@H]1CCC2C3CCC4C[C@@H](O[Si](C)(C)C(C)(C)C)CC[C@]4(C)C3CC[C@@]21C. The highest BCUT2D eigenvalue weighted by Crippen LogP contribution is 2.69. The largest absolute Gasteiger partial charge is 0.414 e. The number of carbonyl (C=O) groups is 1. The minimum absolute atomic E-state index is 0.0172. The zero-order chi connectivity index (χ0) is 29.3. The van der Waals surface area contributed by atoms with Crippen molar-refractivity contribution in [2.75, 3.05) is 6.54 Å². The van der Waals surface area contributed by atoms with Crippen LogP contribution in [0.25, 0.3) is 0 Å². The standard InChI is InChI=1S/C35H63NO3Si/c1-10-31(37)36-22-12-11-13-30(36)35(7,38)29-17-16-27-26-15-14-24-23-25(39-40(8,9)32(2,3)4)18-20-33(24,5)28(26)19-21-34(27,29)6/h24-30,38H,10-23H2,1-9H3/t24?,25-,26?,27?,28?,29-,30?,33-,34-,35?/m0/s1. The van der Waals surface area contributed by atoms with Crippen molar-refractivity contribution in [1.29, 1.82) is 0 Å². The number of fused-ring (bicyclic) bond motifs is 5. The second-order valence-electron chi connectivity index (χ2n) is 17.3. The van der Waals surface area contributed by atoms with Crippen LogP contribution in [0.1, 0.15) is 132 Å². The zero-order valence-corrected chi connectivity index (χ0v) is 28.7. The predicted molar refractivity (Wildman–Crippen MR) is 168 cm³/mol. The average Bonchev–Trinajstić information content (AvgIpc) is 3.25. The Morgan fingerprint density at radius 2 is 1.60 bits per heavy atom. The van der Waals surface area contributed by atoms with Crippen molar-refractivity contribution >= 4 is 14.2 Å². The van der Waals surface area contributed by atoms with Gasteiger partial charge in [0.05, 0.1) is 11.6 Å². The summed E-state index contributed by atoms with van der Waals surface area (Å²) in [5, 5.41) is 12.6. The van der Waals surface area contributed by atoms with Crippen LogP contribution in [-0.2, 0) is 9.22 Å². The smallest absolute Gasteiger partial charge is 0.222 e. The minimum atomic E-state index is -1.74. The Labute approximate surface area is 247 Å². The molecule has 0 aromatic carbocycles. The Morgan fingerprint density at radius 1 is 0.925 bits per heavy atom. The first-order valence-electron chi connectivity index (χ1n) is 17.3. The van der Waals surface area contributed by atoms with Crippen LogP contribution in [0.4, 0.5) is 0 Å². The topological polar surface area (TPSA) is 49.8 Å². The summed E-state index contributed by atoms with van der Waals surface area (Å²) >= 11 is 0. The van der Waals surface area contributed by atoms with Crippen LogP contribution in [0.5, 0.6) is 0 Å². The van der Waals surface area contributed by atoms with Crippen LogP contribution in [0.15, 0.2) is 0 Å². The Balaban J connectivity index is 1.31. The van der Waals surface area contributed by atoms with Crippen molar-refractivity contribution in [2.24, 2.45) is 40.4 Å². The van der Waals surface area contributed by atoms with Gasteiger partial charge in [0.1, 0.15) is 0 Å². The van der Waals surface area contributed by atoms with Gasteiger partial charge in [-0.15, -0.1) is 0 Å². The zero-order valence-electron chi connectivity index (χ0n) is 27.7. The molecule has 0 bridgehead atoms. The van der Waals surface area contributed by atoms with Gasteiger partial charge in [0.2, 0.25) is 5.91 Å². The van der Waals surface area contributed by atoms with E-state index in [1.807, 2.05) is 6.92 Å². The highest BCUT2D eigenvalue weighted by molar-refractivity contribution is 6.74. The fourth-order valence-corrected chi connectivity index (χ4v) is 12.6. The summed E-state index contributed by atoms with van der Waals surface area (Å²) in [6.45, 7) is 22.1. The molecule has 0 aromatic heterocycles. The number of likely N-dealkylation sites (tertiary alicyclic amines) is 1. The summed E-state index contributed by atoms with van der Waals surface area (Å²) < 4.78 is 6.98. The molecule has 1 N–H and O–H groups in total. The molecule has 1 saturated heterocycles. The third kappa shape index (κ3) is 4.98. The van der Waals surface area contributed by atoms with Crippen molar-refractivity contribution in [2.45, 2.75) is 168 Å². The molecule has 1 heterocycles. The molecule has 4 nitrogen and oxygen atoms in total. The summed E-state index contributed by atoms with van der Waals surface area (Å²) in [5.74, 6) is 3.68. The van der Waals surface area contributed by atoms with Gasteiger partial charge in [-0.05, 0) is 143 Å². The molecule has 6 unspecified atom stereocenters. The molecule has 10 atom stereocenters. The van der Waals surface area contributed by atoms with Crippen molar-refractivity contribution in [3.8, 4) is 0 Å². The van der Waals surface area contributed by atoms with Gasteiger partial charge in [-0.25, -0.2) is 0 Å². The molecule has 230 valence electrons. The Bertz CT molecular complexity index is 941. The van der Waals surface area contributed by atoms with Crippen LogP contribution in [0, 0.1) is 40.4 Å². The molecule has 5 rings (SSSR count). The maximum atomic E-state index is 12.9. The predicted octanol–water partition coefficient (Wildman–Crippen LogP) is 8.58. The van der Waals surface area contributed by atoms with Crippen LogP contribution in [0.2, 0.25) is 18.1 Å². The quantitative estimate of drug-likeness (QED) is 0.335. The number of hydrogen-bond acceptors (Lipinski definition) is 3. The van der Waals surface area contributed by atoms with Crippen molar-refractivity contribution in [3.63, 3.8) is 0 Å². The van der Waals surface area contributed by atoms with E-state index in [1.165, 1.54) is 51.4 Å². The lowest BCUT2D eigenvalue weighted by Gasteiger charge is -2.62. The van der Waals surface area contributed by atoms with Gasteiger partial charge >= 0.3 is 0 Å². The van der Waals surface area contributed by atoms with E-state index in [9.17, 15) is 9.90 Å². The third-order valence-corrected chi connectivity index (χ3v) is 18.9. The fourth-order valence-electron chi connectivity index (χ4n) is 11.2. The van der Waals surface area contributed by atoms with Gasteiger partial charge in [-0.3, -0.25) is 4.79 Å². The Hall–Kier alpha value is -0.393. The Morgan fingerprint density at radius 3 is 2.27 bits per heavy atom. The molecule has 5 heteroatoms. The van der Waals surface area contributed by atoms with Gasteiger partial charge in [0.25, 0.3) is 0 Å². The first-order chi connectivity index (χ1) is 18.6. The number of aliphatic hydroxyl groups is 1. The summed E-state index contributed by atoms with van der Waals surface area (Å²) in [6.07, 6.45) is 15.7. The molecule has 4 saturated carbocycles. The second-order valence-corrected chi connectivity index (χ2v) is 22.0.